The molecule has 0 fully saturated rings. The molecule has 0 radical (unpaired) electrons. The molecule has 174 valence electrons. The number of rotatable bonds is 11. The standard InChI is InChI=1S/C24H33N3O4S/c1-5-6-15-25-24(29)21-10-7-8-11-22(21)26-23(28)12-9-16-27(32(4,30)31)20-14-13-18(2)19(3)17-20/h7-8,10-11,13-14,17H,5-6,9,12,15-16H2,1-4H3,(H,25,29)(H,26,28). The number of nitrogens with one attached hydrogen (secondary N) is 2. The van der Waals surface area contributed by atoms with Crippen LogP contribution in [0.2, 0.25) is 0 Å². The van der Waals surface area contributed by atoms with E-state index < -0.39 is 10.0 Å². The minimum Gasteiger partial charge on any atom is -0.352 e. The Kier molecular flexibility index (Phi) is 9.26. The molecule has 0 bridgehead atoms. The molecular formula is C24H33N3O4S. The number of amides is 2. The van der Waals surface area contributed by atoms with Crippen LogP contribution in [-0.2, 0) is 14.8 Å². The van der Waals surface area contributed by atoms with Gasteiger partial charge in [-0.05, 0) is 62.1 Å². The first-order valence-corrected chi connectivity index (χ1v) is 12.7. The second-order valence-corrected chi connectivity index (χ2v) is 9.82. The lowest BCUT2D eigenvalue weighted by Crippen LogP contribution is -2.31. The number of anilines is 2. The van der Waals surface area contributed by atoms with Crippen LogP contribution < -0.4 is 14.9 Å². The Morgan fingerprint density at radius 2 is 1.72 bits per heavy atom. The molecule has 0 aliphatic carbocycles. The van der Waals surface area contributed by atoms with Gasteiger partial charge >= 0.3 is 0 Å². The molecule has 2 aromatic rings. The van der Waals surface area contributed by atoms with Gasteiger partial charge < -0.3 is 10.6 Å². The topological polar surface area (TPSA) is 95.6 Å². The Morgan fingerprint density at radius 1 is 1.00 bits per heavy atom. The molecule has 0 saturated heterocycles. The fourth-order valence-corrected chi connectivity index (χ4v) is 4.18. The largest absolute Gasteiger partial charge is 0.352 e. The van der Waals surface area contributed by atoms with Gasteiger partial charge in [0.1, 0.15) is 0 Å². The van der Waals surface area contributed by atoms with Crippen molar-refractivity contribution in [3.8, 4) is 0 Å². The fourth-order valence-electron chi connectivity index (χ4n) is 3.23. The number of sulfonamides is 1. The normalized spacial score (nSPS) is 11.1. The van der Waals surface area contributed by atoms with E-state index in [4.69, 9.17) is 0 Å². The molecule has 2 rings (SSSR count). The van der Waals surface area contributed by atoms with Crippen molar-refractivity contribution >= 4 is 33.2 Å². The van der Waals surface area contributed by atoms with Gasteiger partial charge in [0.15, 0.2) is 0 Å². The van der Waals surface area contributed by atoms with Crippen molar-refractivity contribution in [1.29, 1.82) is 0 Å². The number of carbonyl (C=O) groups excluding carboxylic acids is 2. The average molecular weight is 460 g/mol. The van der Waals surface area contributed by atoms with Crippen molar-refractivity contribution in [2.45, 2.75) is 46.5 Å². The minimum absolute atomic E-state index is 0.128. The number of aryl methyl sites for hydroxylation is 2. The fraction of sp³-hybridized carbons (Fsp3) is 0.417. The summed E-state index contributed by atoms with van der Waals surface area (Å²) in [5, 5.41) is 5.63. The Labute approximate surface area is 191 Å². The van der Waals surface area contributed by atoms with E-state index in [0.29, 0.717) is 29.9 Å². The van der Waals surface area contributed by atoms with Crippen molar-refractivity contribution in [2.24, 2.45) is 0 Å². The van der Waals surface area contributed by atoms with E-state index in [1.165, 1.54) is 4.31 Å². The number of hydrogen-bond acceptors (Lipinski definition) is 4. The van der Waals surface area contributed by atoms with Gasteiger partial charge in [0.05, 0.1) is 23.2 Å². The van der Waals surface area contributed by atoms with Crippen LogP contribution in [0.25, 0.3) is 0 Å². The summed E-state index contributed by atoms with van der Waals surface area (Å²) in [6, 6.07) is 12.4. The number of hydrogen-bond donors (Lipinski definition) is 2. The summed E-state index contributed by atoms with van der Waals surface area (Å²) in [4.78, 5) is 24.9. The van der Waals surface area contributed by atoms with Crippen LogP contribution >= 0.6 is 0 Å². The molecule has 32 heavy (non-hydrogen) atoms. The molecule has 0 aliphatic rings. The summed E-state index contributed by atoms with van der Waals surface area (Å²) in [6.45, 7) is 6.72. The highest BCUT2D eigenvalue weighted by Crippen LogP contribution is 2.22. The minimum atomic E-state index is -3.48. The van der Waals surface area contributed by atoms with Crippen molar-refractivity contribution < 1.29 is 18.0 Å². The van der Waals surface area contributed by atoms with Gasteiger partial charge in [-0.3, -0.25) is 13.9 Å². The second kappa shape index (κ2) is 11.7. The zero-order valence-corrected chi connectivity index (χ0v) is 20.1. The summed E-state index contributed by atoms with van der Waals surface area (Å²) in [5.74, 6) is -0.500. The molecule has 0 heterocycles. The van der Waals surface area contributed by atoms with Gasteiger partial charge in [0.25, 0.3) is 5.91 Å². The Balaban J connectivity index is 2.00. The van der Waals surface area contributed by atoms with E-state index in [9.17, 15) is 18.0 Å². The second-order valence-electron chi connectivity index (χ2n) is 7.91. The highest BCUT2D eigenvalue weighted by Gasteiger charge is 2.19. The highest BCUT2D eigenvalue weighted by atomic mass is 32.2. The van der Waals surface area contributed by atoms with Gasteiger partial charge in [-0.1, -0.05) is 31.5 Å². The van der Waals surface area contributed by atoms with E-state index in [-0.39, 0.29) is 24.8 Å². The van der Waals surface area contributed by atoms with Crippen molar-refractivity contribution in [3.63, 3.8) is 0 Å². The number of para-hydroxylation sites is 1. The molecule has 0 atom stereocenters. The molecule has 0 unspecified atom stereocenters. The van der Waals surface area contributed by atoms with Crippen LogP contribution in [-0.4, -0.2) is 39.6 Å². The predicted molar refractivity (Wildman–Crippen MR) is 130 cm³/mol. The van der Waals surface area contributed by atoms with Crippen molar-refractivity contribution in [2.75, 3.05) is 29.0 Å². The quantitative estimate of drug-likeness (QED) is 0.496. The van der Waals surface area contributed by atoms with Crippen LogP contribution in [0.1, 0.15) is 54.1 Å². The summed E-state index contributed by atoms with van der Waals surface area (Å²) in [5.41, 5.74) is 3.53. The molecule has 0 spiro atoms. The number of unbranched alkanes of at least 4 members (excludes halogenated alkanes) is 1. The molecule has 8 heteroatoms. The van der Waals surface area contributed by atoms with Crippen molar-refractivity contribution in [1.82, 2.24) is 5.32 Å². The summed E-state index contributed by atoms with van der Waals surface area (Å²) in [7, 11) is -3.48. The number of carbonyl (C=O) groups is 2. The Hall–Kier alpha value is -2.87. The maximum Gasteiger partial charge on any atom is 0.253 e. The molecule has 2 aromatic carbocycles. The molecule has 0 aliphatic heterocycles. The average Bonchev–Trinajstić information content (AvgIpc) is 2.73. The van der Waals surface area contributed by atoms with Gasteiger partial charge in [-0.25, -0.2) is 8.42 Å². The monoisotopic (exact) mass is 459 g/mol. The van der Waals surface area contributed by atoms with Crippen LogP contribution in [0.5, 0.6) is 0 Å². The Bertz CT molecular complexity index is 1050. The third kappa shape index (κ3) is 7.37. The third-order valence-electron chi connectivity index (χ3n) is 5.21. The smallest absolute Gasteiger partial charge is 0.253 e. The first-order chi connectivity index (χ1) is 15.1. The van der Waals surface area contributed by atoms with E-state index in [2.05, 4.69) is 10.6 Å². The van der Waals surface area contributed by atoms with Crippen LogP contribution in [0.4, 0.5) is 11.4 Å². The van der Waals surface area contributed by atoms with Gasteiger partial charge in [-0.15, -0.1) is 0 Å². The zero-order chi connectivity index (χ0) is 23.7. The summed E-state index contributed by atoms with van der Waals surface area (Å²) in [6.07, 6.45) is 3.50. The molecule has 2 N–H and O–H groups in total. The van der Waals surface area contributed by atoms with E-state index in [1.807, 2.05) is 32.9 Å². The molecular weight excluding hydrogens is 426 g/mol. The maximum absolute atomic E-state index is 12.5. The SMILES string of the molecule is CCCCNC(=O)c1ccccc1NC(=O)CCCN(c1ccc(C)c(C)c1)S(C)(=O)=O. The van der Waals surface area contributed by atoms with Crippen molar-refractivity contribution in [3.05, 3.63) is 59.2 Å². The Morgan fingerprint density at radius 3 is 2.38 bits per heavy atom. The lowest BCUT2D eigenvalue weighted by atomic mass is 10.1. The first kappa shape index (κ1) is 25.4. The number of benzene rings is 2. The predicted octanol–water partition coefficient (Wildman–Crippen LogP) is 4.02. The third-order valence-corrected chi connectivity index (χ3v) is 6.40. The van der Waals surface area contributed by atoms with E-state index in [1.54, 1.807) is 30.3 Å². The zero-order valence-electron chi connectivity index (χ0n) is 19.3. The van der Waals surface area contributed by atoms with Gasteiger partial charge in [-0.2, -0.15) is 0 Å². The summed E-state index contributed by atoms with van der Waals surface area (Å²) < 4.78 is 25.9. The lowest BCUT2D eigenvalue weighted by molar-refractivity contribution is -0.116. The van der Waals surface area contributed by atoms with E-state index in [0.717, 1.165) is 30.2 Å². The van der Waals surface area contributed by atoms with Crippen LogP contribution in [0.3, 0.4) is 0 Å². The molecule has 2 amide bonds. The molecule has 0 aromatic heterocycles. The highest BCUT2D eigenvalue weighted by molar-refractivity contribution is 7.92. The number of nitrogens with zero attached hydrogens (tertiary/aromatic N) is 1. The van der Waals surface area contributed by atoms with Gasteiger partial charge in [0, 0.05) is 19.5 Å². The molecule has 0 saturated carbocycles. The maximum atomic E-state index is 12.5. The molecule has 7 nitrogen and oxygen atoms in total. The van der Waals surface area contributed by atoms with Gasteiger partial charge in [0.2, 0.25) is 15.9 Å². The van der Waals surface area contributed by atoms with E-state index >= 15 is 0 Å². The van der Waals surface area contributed by atoms with Crippen LogP contribution in [0.15, 0.2) is 42.5 Å². The first-order valence-electron chi connectivity index (χ1n) is 10.9. The van der Waals surface area contributed by atoms with Crippen LogP contribution in [0, 0.1) is 13.8 Å². The summed E-state index contributed by atoms with van der Waals surface area (Å²) >= 11 is 0. The lowest BCUT2D eigenvalue weighted by Gasteiger charge is -2.23.